The molecule has 2 rings (SSSR count). The Labute approximate surface area is 118 Å². The zero-order valence-electron chi connectivity index (χ0n) is 10.0. The van der Waals surface area contributed by atoms with Crippen molar-refractivity contribution in [1.82, 2.24) is 4.98 Å². The van der Waals surface area contributed by atoms with Crippen molar-refractivity contribution in [3.63, 3.8) is 0 Å². The highest BCUT2D eigenvalue weighted by Crippen LogP contribution is 2.34. The van der Waals surface area contributed by atoms with Crippen molar-refractivity contribution < 1.29 is 9.66 Å². The molecule has 2 aromatic rings. The van der Waals surface area contributed by atoms with Gasteiger partial charge in [-0.1, -0.05) is 11.6 Å². The zero-order valence-corrected chi connectivity index (χ0v) is 10.8. The van der Waals surface area contributed by atoms with Gasteiger partial charge in [-0.3, -0.25) is 15.5 Å². The molecule has 0 saturated heterocycles. The molecule has 8 heteroatoms. The van der Waals surface area contributed by atoms with Crippen LogP contribution in [-0.4, -0.2) is 15.7 Å². The minimum atomic E-state index is -0.588. The summed E-state index contributed by atoms with van der Waals surface area (Å²) in [5.41, 5.74) is 5.23. The summed E-state index contributed by atoms with van der Waals surface area (Å²) in [6.07, 6.45) is 1.44. The molecule has 0 amide bonds. The van der Waals surface area contributed by atoms with Gasteiger partial charge in [0, 0.05) is 23.4 Å². The number of pyridine rings is 1. The van der Waals surface area contributed by atoms with Gasteiger partial charge in [0.15, 0.2) is 5.75 Å². The average Bonchev–Trinajstić information content (AvgIpc) is 2.38. The smallest absolute Gasteiger partial charge is 0.311 e. The second-order valence-electron chi connectivity index (χ2n) is 3.74. The molecule has 0 fully saturated rings. The molecule has 0 aliphatic heterocycles. The fourth-order valence-corrected chi connectivity index (χ4v) is 1.68. The van der Waals surface area contributed by atoms with Gasteiger partial charge in [-0.15, -0.1) is 0 Å². The van der Waals surface area contributed by atoms with Gasteiger partial charge in [-0.05, 0) is 18.2 Å². The molecule has 7 nitrogen and oxygen atoms in total. The van der Waals surface area contributed by atoms with E-state index in [0.29, 0.717) is 5.02 Å². The lowest BCUT2D eigenvalue weighted by Gasteiger charge is -2.09. The number of amidine groups is 1. The molecule has 0 aliphatic carbocycles. The molecular formula is C12H9ClN4O3. The molecule has 1 aromatic heterocycles. The van der Waals surface area contributed by atoms with Crippen molar-refractivity contribution >= 4 is 23.1 Å². The first-order valence-corrected chi connectivity index (χ1v) is 5.78. The summed E-state index contributed by atoms with van der Waals surface area (Å²) in [7, 11) is 0. The Morgan fingerprint density at radius 1 is 1.40 bits per heavy atom. The number of hydrogen-bond donors (Lipinski definition) is 2. The quantitative estimate of drug-likeness (QED) is 0.389. The van der Waals surface area contributed by atoms with Gasteiger partial charge in [-0.2, -0.15) is 0 Å². The molecule has 0 bridgehead atoms. The number of nitrogen functional groups attached to an aromatic ring is 1. The maximum absolute atomic E-state index is 10.9. The molecule has 1 heterocycles. The van der Waals surface area contributed by atoms with Crippen LogP contribution < -0.4 is 10.5 Å². The zero-order chi connectivity index (χ0) is 14.7. The standard InChI is InChI=1S/C12H9ClN4O3/c13-7-3-4-8(17(18)19)10(6-7)20-9-2-1-5-16-11(9)12(14)15/h1-6H,(H3,14,15). The monoisotopic (exact) mass is 292 g/mol. The van der Waals surface area contributed by atoms with Crippen LogP contribution in [0.3, 0.4) is 0 Å². The number of benzene rings is 1. The van der Waals surface area contributed by atoms with Crippen LogP contribution in [-0.2, 0) is 0 Å². The Morgan fingerprint density at radius 2 is 2.15 bits per heavy atom. The van der Waals surface area contributed by atoms with Crippen molar-refractivity contribution in [3.8, 4) is 11.5 Å². The molecule has 0 radical (unpaired) electrons. The van der Waals surface area contributed by atoms with Gasteiger partial charge in [0.05, 0.1) is 4.92 Å². The Bertz CT molecular complexity index is 690. The maximum Gasteiger partial charge on any atom is 0.311 e. The fraction of sp³-hybridized carbons (Fsp3) is 0. The van der Waals surface area contributed by atoms with Crippen LogP contribution in [0.4, 0.5) is 5.69 Å². The molecule has 102 valence electrons. The van der Waals surface area contributed by atoms with Gasteiger partial charge >= 0.3 is 5.69 Å². The van der Waals surface area contributed by atoms with Gasteiger partial charge in [0.2, 0.25) is 5.75 Å². The van der Waals surface area contributed by atoms with Crippen LogP contribution in [0.15, 0.2) is 36.5 Å². The highest BCUT2D eigenvalue weighted by Gasteiger charge is 2.18. The van der Waals surface area contributed by atoms with E-state index in [9.17, 15) is 10.1 Å². The molecule has 0 saturated carbocycles. The summed E-state index contributed by atoms with van der Waals surface area (Å²) in [5, 5.41) is 18.6. The summed E-state index contributed by atoms with van der Waals surface area (Å²) < 4.78 is 5.43. The summed E-state index contributed by atoms with van der Waals surface area (Å²) in [5.74, 6) is -0.200. The number of nitrogens with one attached hydrogen (secondary N) is 1. The van der Waals surface area contributed by atoms with Gasteiger partial charge in [-0.25, -0.2) is 4.98 Å². The van der Waals surface area contributed by atoms with Crippen molar-refractivity contribution in [2.24, 2.45) is 5.73 Å². The lowest BCUT2D eigenvalue weighted by atomic mass is 10.2. The number of nitrogens with two attached hydrogens (primary N) is 1. The first-order valence-electron chi connectivity index (χ1n) is 5.40. The van der Waals surface area contributed by atoms with Crippen LogP contribution in [0, 0.1) is 15.5 Å². The first kappa shape index (κ1) is 13.8. The van der Waals surface area contributed by atoms with Gasteiger partial charge < -0.3 is 10.5 Å². The van der Waals surface area contributed by atoms with Crippen LogP contribution in [0.5, 0.6) is 11.5 Å². The third kappa shape index (κ3) is 2.83. The lowest BCUT2D eigenvalue weighted by Crippen LogP contribution is -2.14. The highest BCUT2D eigenvalue weighted by molar-refractivity contribution is 6.30. The molecule has 0 atom stereocenters. The molecule has 1 aromatic carbocycles. The SMILES string of the molecule is N=C(N)c1ncccc1Oc1cc(Cl)ccc1[N+](=O)[O-]. The highest BCUT2D eigenvalue weighted by atomic mass is 35.5. The minimum absolute atomic E-state index is 0.0435. The predicted molar refractivity (Wildman–Crippen MR) is 73.4 cm³/mol. The predicted octanol–water partition coefficient (Wildman–Crippen LogP) is 2.72. The van der Waals surface area contributed by atoms with E-state index in [0.717, 1.165) is 0 Å². The molecule has 20 heavy (non-hydrogen) atoms. The molecule has 0 spiro atoms. The van der Waals surface area contributed by atoms with Gasteiger partial charge in [0.1, 0.15) is 11.5 Å². The van der Waals surface area contributed by atoms with E-state index >= 15 is 0 Å². The third-order valence-electron chi connectivity index (χ3n) is 2.36. The second kappa shape index (κ2) is 5.54. The van der Waals surface area contributed by atoms with Gasteiger partial charge in [0.25, 0.3) is 0 Å². The van der Waals surface area contributed by atoms with E-state index in [1.807, 2.05) is 0 Å². The van der Waals surface area contributed by atoms with Crippen LogP contribution in [0.25, 0.3) is 0 Å². The average molecular weight is 293 g/mol. The van der Waals surface area contributed by atoms with Crippen molar-refractivity contribution in [1.29, 1.82) is 5.41 Å². The Kier molecular flexibility index (Phi) is 3.81. The van der Waals surface area contributed by atoms with E-state index in [4.69, 9.17) is 27.5 Å². The molecule has 3 N–H and O–H groups in total. The fourth-order valence-electron chi connectivity index (χ4n) is 1.51. The number of aromatic nitrogens is 1. The van der Waals surface area contributed by atoms with E-state index in [1.165, 1.54) is 30.5 Å². The van der Waals surface area contributed by atoms with Crippen molar-refractivity contribution in [2.75, 3.05) is 0 Å². The van der Waals surface area contributed by atoms with Crippen LogP contribution in [0.2, 0.25) is 5.02 Å². The summed E-state index contributed by atoms with van der Waals surface area (Å²) in [4.78, 5) is 14.2. The summed E-state index contributed by atoms with van der Waals surface area (Å²) in [6.45, 7) is 0. The minimum Gasteiger partial charge on any atom is -0.448 e. The van der Waals surface area contributed by atoms with Crippen LogP contribution >= 0.6 is 11.6 Å². The van der Waals surface area contributed by atoms with Crippen LogP contribution in [0.1, 0.15) is 5.69 Å². The molecule has 0 unspecified atom stereocenters. The third-order valence-corrected chi connectivity index (χ3v) is 2.60. The summed E-state index contributed by atoms with van der Waals surface area (Å²) in [6, 6.07) is 7.02. The number of nitrogens with zero attached hydrogens (tertiary/aromatic N) is 2. The van der Waals surface area contributed by atoms with Crippen molar-refractivity contribution in [2.45, 2.75) is 0 Å². The molecular weight excluding hydrogens is 284 g/mol. The Hall–Kier alpha value is -2.67. The number of rotatable bonds is 4. The number of hydrogen-bond acceptors (Lipinski definition) is 5. The number of halogens is 1. The molecule has 0 aliphatic rings. The first-order chi connectivity index (χ1) is 9.49. The van der Waals surface area contributed by atoms with Crippen molar-refractivity contribution in [3.05, 3.63) is 57.4 Å². The van der Waals surface area contributed by atoms with E-state index in [1.54, 1.807) is 6.07 Å². The number of nitro groups is 1. The van der Waals surface area contributed by atoms with E-state index in [-0.39, 0.29) is 28.7 Å². The Balaban J connectivity index is 2.47. The largest absolute Gasteiger partial charge is 0.448 e. The Morgan fingerprint density at radius 3 is 2.80 bits per heavy atom. The van der Waals surface area contributed by atoms with E-state index < -0.39 is 4.92 Å². The topological polar surface area (TPSA) is 115 Å². The number of nitro benzene ring substituents is 1. The maximum atomic E-state index is 10.9. The summed E-state index contributed by atoms with van der Waals surface area (Å²) >= 11 is 5.80. The second-order valence-corrected chi connectivity index (χ2v) is 4.17. The van der Waals surface area contributed by atoms with E-state index in [2.05, 4.69) is 4.98 Å². The lowest BCUT2D eigenvalue weighted by molar-refractivity contribution is -0.385. The normalized spacial score (nSPS) is 10.1. The number of ether oxygens (including phenoxy) is 1.